The van der Waals surface area contributed by atoms with E-state index >= 15 is 0 Å². The van der Waals surface area contributed by atoms with E-state index in [1.807, 2.05) is 12.1 Å². The van der Waals surface area contributed by atoms with E-state index in [0.29, 0.717) is 5.92 Å². The summed E-state index contributed by atoms with van der Waals surface area (Å²) in [5.41, 5.74) is 3.94. The van der Waals surface area contributed by atoms with Crippen LogP contribution in [0.3, 0.4) is 0 Å². The standard InChI is InChI=1S/C15H15Cl/c1-11-3-5-13(6-4-11)12(2)14-7-9-15(16)10-8-14/h3-10,12H,1-2H3. The lowest BCUT2D eigenvalue weighted by Gasteiger charge is -2.12. The zero-order valence-corrected chi connectivity index (χ0v) is 10.3. The fraction of sp³-hybridized carbons (Fsp3) is 0.200. The molecule has 0 fully saturated rings. The van der Waals surface area contributed by atoms with Crippen LogP contribution < -0.4 is 0 Å². The summed E-state index contributed by atoms with van der Waals surface area (Å²) in [7, 11) is 0. The van der Waals surface area contributed by atoms with Gasteiger partial charge in [-0.3, -0.25) is 0 Å². The van der Waals surface area contributed by atoms with Crippen LogP contribution in [0.1, 0.15) is 29.5 Å². The van der Waals surface area contributed by atoms with Crippen LogP contribution in [-0.2, 0) is 0 Å². The van der Waals surface area contributed by atoms with Gasteiger partial charge in [-0.15, -0.1) is 0 Å². The van der Waals surface area contributed by atoms with Crippen molar-refractivity contribution >= 4 is 11.6 Å². The molecule has 0 aromatic heterocycles. The normalized spacial score (nSPS) is 12.4. The van der Waals surface area contributed by atoms with Gasteiger partial charge >= 0.3 is 0 Å². The fourth-order valence-electron chi connectivity index (χ4n) is 1.80. The highest BCUT2D eigenvalue weighted by Crippen LogP contribution is 2.25. The molecule has 16 heavy (non-hydrogen) atoms. The van der Waals surface area contributed by atoms with Crippen LogP contribution in [0.15, 0.2) is 48.5 Å². The SMILES string of the molecule is Cc1ccc(C(C)c2ccc(Cl)cc2)cc1. The number of halogens is 1. The van der Waals surface area contributed by atoms with Crippen LogP contribution in [0, 0.1) is 6.92 Å². The molecule has 2 rings (SSSR count). The molecule has 0 aliphatic rings. The lowest BCUT2D eigenvalue weighted by Crippen LogP contribution is -1.95. The molecule has 0 heterocycles. The van der Waals surface area contributed by atoms with Crippen molar-refractivity contribution in [1.82, 2.24) is 0 Å². The van der Waals surface area contributed by atoms with Crippen LogP contribution >= 0.6 is 11.6 Å². The Morgan fingerprint density at radius 2 is 1.25 bits per heavy atom. The molecule has 0 spiro atoms. The highest BCUT2D eigenvalue weighted by Gasteiger charge is 2.07. The van der Waals surface area contributed by atoms with Crippen molar-refractivity contribution in [2.75, 3.05) is 0 Å². The molecule has 0 bridgehead atoms. The highest BCUT2D eigenvalue weighted by atomic mass is 35.5. The van der Waals surface area contributed by atoms with Crippen molar-refractivity contribution in [3.05, 3.63) is 70.2 Å². The summed E-state index contributed by atoms with van der Waals surface area (Å²) in [6.45, 7) is 4.32. The molecular weight excluding hydrogens is 216 g/mol. The minimum absolute atomic E-state index is 0.415. The van der Waals surface area contributed by atoms with E-state index in [2.05, 4.69) is 50.2 Å². The van der Waals surface area contributed by atoms with Gasteiger partial charge < -0.3 is 0 Å². The van der Waals surface area contributed by atoms with Gasteiger partial charge in [0.05, 0.1) is 0 Å². The van der Waals surface area contributed by atoms with Gasteiger partial charge in [0.25, 0.3) is 0 Å². The Hall–Kier alpha value is -1.27. The van der Waals surface area contributed by atoms with Crippen LogP contribution in [0.4, 0.5) is 0 Å². The fourth-order valence-corrected chi connectivity index (χ4v) is 1.93. The van der Waals surface area contributed by atoms with Gasteiger partial charge in [-0.2, -0.15) is 0 Å². The molecule has 0 nitrogen and oxygen atoms in total. The van der Waals surface area contributed by atoms with Crippen molar-refractivity contribution in [3.8, 4) is 0 Å². The largest absolute Gasteiger partial charge is 0.0843 e. The van der Waals surface area contributed by atoms with Crippen LogP contribution in [0.2, 0.25) is 5.02 Å². The van der Waals surface area contributed by atoms with Crippen molar-refractivity contribution in [1.29, 1.82) is 0 Å². The van der Waals surface area contributed by atoms with Gasteiger partial charge in [0.1, 0.15) is 0 Å². The first-order valence-corrected chi connectivity index (χ1v) is 5.86. The van der Waals surface area contributed by atoms with Gasteiger partial charge in [0, 0.05) is 10.9 Å². The Labute approximate surface area is 102 Å². The third kappa shape index (κ3) is 2.45. The molecule has 0 saturated heterocycles. The molecule has 0 aliphatic carbocycles. The number of hydrogen-bond acceptors (Lipinski definition) is 0. The van der Waals surface area contributed by atoms with E-state index in [1.54, 1.807) is 0 Å². The van der Waals surface area contributed by atoms with Gasteiger partial charge in [0.15, 0.2) is 0 Å². The minimum Gasteiger partial charge on any atom is -0.0843 e. The number of rotatable bonds is 2. The van der Waals surface area contributed by atoms with E-state index in [4.69, 9.17) is 11.6 Å². The first-order chi connectivity index (χ1) is 7.66. The molecule has 1 unspecified atom stereocenters. The molecule has 0 radical (unpaired) electrons. The van der Waals surface area contributed by atoms with E-state index in [0.717, 1.165) is 5.02 Å². The quantitative estimate of drug-likeness (QED) is 0.695. The lowest BCUT2D eigenvalue weighted by atomic mass is 9.93. The summed E-state index contributed by atoms with van der Waals surface area (Å²) in [6.07, 6.45) is 0. The number of aryl methyl sites for hydroxylation is 1. The first-order valence-electron chi connectivity index (χ1n) is 5.49. The van der Waals surface area contributed by atoms with Crippen LogP contribution in [0.5, 0.6) is 0 Å². The Morgan fingerprint density at radius 3 is 1.75 bits per heavy atom. The summed E-state index contributed by atoms with van der Waals surface area (Å²) in [4.78, 5) is 0. The van der Waals surface area contributed by atoms with Gasteiger partial charge in [-0.05, 0) is 30.2 Å². The van der Waals surface area contributed by atoms with E-state index in [9.17, 15) is 0 Å². The van der Waals surface area contributed by atoms with Gasteiger partial charge in [-0.1, -0.05) is 60.5 Å². The molecule has 0 N–H and O–H groups in total. The van der Waals surface area contributed by atoms with Crippen molar-refractivity contribution in [2.45, 2.75) is 19.8 Å². The Bertz CT molecular complexity index is 408. The molecule has 2 aromatic rings. The van der Waals surface area contributed by atoms with Gasteiger partial charge in [0.2, 0.25) is 0 Å². The first kappa shape index (κ1) is 11.2. The smallest absolute Gasteiger partial charge is 0.0406 e. The lowest BCUT2D eigenvalue weighted by molar-refractivity contribution is 0.921. The molecule has 0 saturated carbocycles. The molecule has 82 valence electrons. The number of benzene rings is 2. The Morgan fingerprint density at radius 1 is 0.812 bits per heavy atom. The molecule has 0 amide bonds. The van der Waals surface area contributed by atoms with Crippen LogP contribution in [-0.4, -0.2) is 0 Å². The molecule has 1 atom stereocenters. The molecular formula is C15H15Cl. The zero-order chi connectivity index (χ0) is 11.5. The second-order valence-corrected chi connectivity index (χ2v) is 4.62. The maximum atomic E-state index is 5.88. The summed E-state index contributed by atoms with van der Waals surface area (Å²) in [5.74, 6) is 0.415. The summed E-state index contributed by atoms with van der Waals surface area (Å²) in [6, 6.07) is 16.8. The zero-order valence-electron chi connectivity index (χ0n) is 9.57. The summed E-state index contributed by atoms with van der Waals surface area (Å²) in [5, 5.41) is 0.792. The topological polar surface area (TPSA) is 0 Å². The Kier molecular flexibility index (Phi) is 3.31. The van der Waals surface area contributed by atoms with E-state index in [-0.39, 0.29) is 0 Å². The predicted molar refractivity (Wildman–Crippen MR) is 70.1 cm³/mol. The number of hydrogen-bond donors (Lipinski definition) is 0. The predicted octanol–water partition coefficient (Wildman–Crippen LogP) is 4.80. The third-order valence-corrected chi connectivity index (χ3v) is 3.20. The molecule has 0 aliphatic heterocycles. The maximum absolute atomic E-state index is 5.88. The molecule has 2 aromatic carbocycles. The average molecular weight is 231 g/mol. The van der Waals surface area contributed by atoms with Crippen molar-refractivity contribution < 1.29 is 0 Å². The summed E-state index contributed by atoms with van der Waals surface area (Å²) < 4.78 is 0. The third-order valence-electron chi connectivity index (χ3n) is 2.95. The summed E-state index contributed by atoms with van der Waals surface area (Å²) >= 11 is 5.88. The maximum Gasteiger partial charge on any atom is 0.0406 e. The second kappa shape index (κ2) is 4.71. The second-order valence-electron chi connectivity index (χ2n) is 4.18. The minimum atomic E-state index is 0.415. The van der Waals surface area contributed by atoms with Gasteiger partial charge in [-0.25, -0.2) is 0 Å². The van der Waals surface area contributed by atoms with E-state index in [1.165, 1.54) is 16.7 Å². The Balaban J connectivity index is 2.28. The average Bonchev–Trinajstić information content (AvgIpc) is 2.30. The van der Waals surface area contributed by atoms with Crippen molar-refractivity contribution in [3.63, 3.8) is 0 Å². The molecule has 1 heteroatoms. The monoisotopic (exact) mass is 230 g/mol. The van der Waals surface area contributed by atoms with Crippen LogP contribution in [0.25, 0.3) is 0 Å². The van der Waals surface area contributed by atoms with Crippen molar-refractivity contribution in [2.24, 2.45) is 0 Å². The highest BCUT2D eigenvalue weighted by molar-refractivity contribution is 6.30. The van der Waals surface area contributed by atoms with E-state index < -0.39 is 0 Å².